The molecule has 3 aromatic carbocycles. The number of fused-ring (bicyclic) bond motifs is 3. The Kier molecular flexibility index (Phi) is 11.8. The third-order valence-electron chi connectivity index (χ3n) is 11.6. The van der Waals surface area contributed by atoms with Gasteiger partial charge in [0, 0.05) is 23.7 Å². The predicted molar refractivity (Wildman–Crippen MR) is 230 cm³/mol. The maximum Gasteiger partial charge on any atom is 0.407 e. The van der Waals surface area contributed by atoms with Crippen LogP contribution < -0.4 is 10.6 Å². The summed E-state index contributed by atoms with van der Waals surface area (Å²) in [6, 6.07) is 17.3. The van der Waals surface area contributed by atoms with E-state index >= 15 is 0 Å². The molecule has 0 radical (unpaired) electrons. The molecule has 0 aliphatic carbocycles. The molecular formula is C43H53ClN8O6Si. The lowest BCUT2D eigenvalue weighted by Crippen LogP contribution is -2.52. The molecule has 0 saturated carbocycles. The lowest BCUT2D eigenvalue weighted by atomic mass is 9.99. The first-order valence-corrected chi connectivity index (χ1v) is 24.0. The van der Waals surface area contributed by atoms with Crippen LogP contribution in [0.1, 0.15) is 64.3 Å². The second-order valence-corrected chi connectivity index (χ2v) is 22.6. The molecule has 2 aliphatic rings. The van der Waals surface area contributed by atoms with E-state index in [4.69, 9.17) is 31.0 Å². The Morgan fingerprint density at radius 2 is 1.37 bits per heavy atom. The highest BCUT2D eigenvalue weighted by atomic mass is 35.5. The first-order valence-electron chi connectivity index (χ1n) is 20.2. The number of aromatic nitrogens is 4. The van der Waals surface area contributed by atoms with Crippen molar-refractivity contribution in [3.8, 4) is 22.4 Å². The molecule has 4 atom stereocenters. The summed E-state index contributed by atoms with van der Waals surface area (Å²) in [4.78, 5) is 72.2. The summed E-state index contributed by atoms with van der Waals surface area (Å²) in [6.07, 6.45) is 0.976. The van der Waals surface area contributed by atoms with Crippen LogP contribution in [-0.2, 0) is 19.1 Å². The van der Waals surface area contributed by atoms with Crippen molar-refractivity contribution in [3.05, 3.63) is 71.4 Å². The summed E-state index contributed by atoms with van der Waals surface area (Å²) in [5.74, 6) is 0.797. The minimum absolute atomic E-state index is 0.118. The molecule has 4 unspecified atom stereocenters. The summed E-state index contributed by atoms with van der Waals surface area (Å²) in [5, 5.41) is 7.86. The molecule has 2 aliphatic heterocycles. The highest BCUT2D eigenvalue weighted by Gasteiger charge is 2.46. The van der Waals surface area contributed by atoms with Crippen LogP contribution in [0.2, 0.25) is 24.3 Å². The Balaban J connectivity index is 1.10. The number of imidazole rings is 2. The zero-order valence-corrected chi connectivity index (χ0v) is 36.6. The van der Waals surface area contributed by atoms with E-state index in [9.17, 15) is 19.2 Å². The smallest absolute Gasteiger partial charge is 0.407 e. The van der Waals surface area contributed by atoms with E-state index in [2.05, 4.69) is 58.0 Å². The Hall–Kier alpha value is -5.41. The van der Waals surface area contributed by atoms with E-state index in [1.165, 1.54) is 14.2 Å². The van der Waals surface area contributed by atoms with Gasteiger partial charge < -0.3 is 39.9 Å². The predicted octanol–water partition coefficient (Wildman–Crippen LogP) is 7.98. The number of carbonyl (C=O) groups excluding carboxylic acids is 4. The number of carbonyl (C=O) groups is 4. The molecule has 59 heavy (non-hydrogen) atoms. The summed E-state index contributed by atoms with van der Waals surface area (Å²) in [5.41, 5.74) is 5.23. The molecule has 16 heteroatoms. The molecule has 312 valence electrons. The van der Waals surface area contributed by atoms with Crippen molar-refractivity contribution in [2.75, 3.05) is 26.9 Å². The van der Waals surface area contributed by atoms with Crippen molar-refractivity contribution in [1.29, 1.82) is 0 Å². The van der Waals surface area contributed by atoms with Gasteiger partial charge in [-0.25, -0.2) is 19.6 Å². The number of ether oxygens (including phenoxy) is 2. The van der Waals surface area contributed by atoms with Crippen LogP contribution in [0.3, 0.4) is 0 Å². The van der Waals surface area contributed by atoms with Gasteiger partial charge in [-0.2, -0.15) is 0 Å². The number of likely N-dealkylation sites (tertiary alicyclic amines) is 1. The number of benzene rings is 3. The fourth-order valence-corrected chi connectivity index (χ4v) is 11.6. The van der Waals surface area contributed by atoms with Crippen LogP contribution in [0.4, 0.5) is 9.59 Å². The van der Waals surface area contributed by atoms with E-state index in [1.54, 1.807) is 0 Å². The first kappa shape index (κ1) is 41.7. The van der Waals surface area contributed by atoms with Crippen LogP contribution in [0.5, 0.6) is 0 Å². The average molecular weight is 841 g/mol. The number of nitrogens with one attached hydrogen (secondary N) is 4. The van der Waals surface area contributed by atoms with Crippen LogP contribution in [0.25, 0.3) is 44.2 Å². The van der Waals surface area contributed by atoms with Crippen LogP contribution >= 0.6 is 11.6 Å². The largest absolute Gasteiger partial charge is 0.453 e. The summed E-state index contributed by atoms with van der Waals surface area (Å²) >= 11 is 6.81. The molecule has 4 heterocycles. The number of rotatable bonds is 10. The summed E-state index contributed by atoms with van der Waals surface area (Å²) in [7, 11) is 0.768. The SMILES string of the molecule is COC(=O)NC(C(=O)N1C[Si](C)(C)CC1c1nc(-c2ccc(-c3ccc4c(ccc5[nH]c(C6CCCN6C(=O)C(NC(=O)OC)C(C)C)nc54)c3)cc2)c(Cl)[nH]1)C(C)C. The maximum absolute atomic E-state index is 13.9. The minimum Gasteiger partial charge on any atom is -0.453 e. The molecule has 7 rings (SSSR count). The molecule has 4 amide bonds. The lowest BCUT2D eigenvalue weighted by Gasteiger charge is -2.30. The monoisotopic (exact) mass is 840 g/mol. The van der Waals surface area contributed by atoms with Gasteiger partial charge in [-0.1, -0.05) is 94.9 Å². The van der Waals surface area contributed by atoms with Crippen molar-refractivity contribution < 1.29 is 28.7 Å². The number of nitrogens with zero attached hydrogens (tertiary/aromatic N) is 4. The van der Waals surface area contributed by atoms with Gasteiger partial charge in [0.15, 0.2) is 0 Å². The first-order chi connectivity index (χ1) is 28.1. The topological polar surface area (TPSA) is 175 Å². The normalized spacial score (nSPS) is 18.8. The molecule has 14 nitrogen and oxygen atoms in total. The second kappa shape index (κ2) is 16.7. The van der Waals surface area contributed by atoms with Crippen LogP contribution in [0.15, 0.2) is 54.6 Å². The van der Waals surface area contributed by atoms with Crippen molar-refractivity contribution in [3.63, 3.8) is 0 Å². The zero-order chi connectivity index (χ0) is 42.3. The van der Waals surface area contributed by atoms with Gasteiger partial charge in [-0.15, -0.1) is 0 Å². The molecule has 2 fully saturated rings. The van der Waals surface area contributed by atoms with Crippen molar-refractivity contribution in [2.24, 2.45) is 11.8 Å². The third kappa shape index (κ3) is 8.40. The molecule has 2 saturated heterocycles. The third-order valence-corrected chi connectivity index (χ3v) is 14.6. The quantitative estimate of drug-likeness (QED) is 0.102. The summed E-state index contributed by atoms with van der Waals surface area (Å²) in [6.45, 7) is 12.7. The van der Waals surface area contributed by atoms with E-state index in [0.29, 0.717) is 29.4 Å². The standard InChI is InChI=1S/C43H53ClN8O6Si/c1-23(2)33(48-42(55)57-5)40(53)51-19-9-10-31(51)38-45-30-18-16-28-20-27(15-17-29(28)36(30)47-38)25-11-13-26(14-12-25)35-37(44)50-39(46-35)32-21-59(7,8)22-52(32)41(54)34(24(3)4)49-43(56)58-6/h11-18,20,23-24,31-34H,9-10,19,21-22H2,1-8H3,(H,45,47)(H,46,50)(H,48,55)(H,49,56). The highest BCUT2D eigenvalue weighted by Crippen LogP contribution is 2.40. The van der Waals surface area contributed by atoms with E-state index < -0.39 is 32.3 Å². The summed E-state index contributed by atoms with van der Waals surface area (Å²) < 4.78 is 9.59. The number of amides is 4. The van der Waals surface area contributed by atoms with Crippen LogP contribution in [-0.4, -0.2) is 101 Å². The van der Waals surface area contributed by atoms with Gasteiger partial charge in [0.25, 0.3) is 0 Å². The van der Waals surface area contributed by atoms with E-state index in [1.807, 2.05) is 67.8 Å². The van der Waals surface area contributed by atoms with Gasteiger partial charge >= 0.3 is 12.2 Å². The van der Waals surface area contributed by atoms with Crippen LogP contribution in [0, 0.1) is 11.8 Å². The number of methoxy groups -OCH3 is 2. The molecule has 0 bridgehead atoms. The van der Waals surface area contributed by atoms with Crippen molar-refractivity contribution >= 4 is 65.5 Å². The Labute approximate surface area is 349 Å². The highest BCUT2D eigenvalue weighted by molar-refractivity contribution is 6.78. The van der Waals surface area contributed by atoms with E-state index in [0.717, 1.165) is 63.2 Å². The number of alkyl carbamates (subject to hydrolysis) is 2. The number of H-pyrrole nitrogens is 2. The number of halogens is 1. The van der Waals surface area contributed by atoms with Crippen molar-refractivity contribution in [2.45, 2.75) is 83.8 Å². The van der Waals surface area contributed by atoms with Crippen molar-refractivity contribution in [1.82, 2.24) is 40.4 Å². The Morgan fingerprint density at radius 1 is 0.780 bits per heavy atom. The molecule has 2 aromatic heterocycles. The maximum atomic E-state index is 13.9. The molecular weight excluding hydrogens is 788 g/mol. The Morgan fingerprint density at radius 3 is 2.00 bits per heavy atom. The number of aromatic amines is 2. The fourth-order valence-electron chi connectivity index (χ4n) is 8.51. The lowest BCUT2D eigenvalue weighted by molar-refractivity contribution is -0.136. The van der Waals surface area contributed by atoms with E-state index in [-0.39, 0.29) is 35.7 Å². The second-order valence-electron chi connectivity index (χ2n) is 17.1. The molecule has 4 N–H and O–H groups in total. The molecule has 0 spiro atoms. The van der Waals surface area contributed by atoms with Gasteiger partial charge in [-0.05, 0) is 59.4 Å². The fraction of sp³-hybridized carbons (Fsp3) is 0.442. The van der Waals surface area contributed by atoms with Gasteiger partial charge in [0.05, 0.1) is 45.4 Å². The minimum atomic E-state index is -1.81. The average Bonchev–Trinajstić information content (AvgIpc) is 4.02. The van der Waals surface area contributed by atoms with Gasteiger partial charge in [0.2, 0.25) is 11.8 Å². The zero-order valence-electron chi connectivity index (χ0n) is 34.8. The van der Waals surface area contributed by atoms with Gasteiger partial charge in [0.1, 0.15) is 34.6 Å². The Bertz CT molecular complexity index is 2390. The number of hydrogen-bond acceptors (Lipinski definition) is 8. The van der Waals surface area contributed by atoms with Gasteiger partial charge in [-0.3, -0.25) is 9.59 Å². The number of hydrogen-bond donors (Lipinski definition) is 4. The molecule has 5 aromatic rings.